The molecule has 0 unspecified atom stereocenters. The molecule has 35 heavy (non-hydrogen) atoms. The largest absolute Gasteiger partial charge is 0.335 e. The number of thioether (sulfide) groups is 3. The number of rotatable bonds is 7. The number of nitrogens with zero attached hydrogens (tertiary/aromatic N) is 2. The third kappa shape index (κ3) is 5.37. The quantitative estimate of drug-likeness (QED) is 0.175. The average molecular weight is 520 g/mol. The molecule has 3 aromatic rings. The van der Waals surface area contributed by atoms with E-state index < -0.39 is 0 Å². The van der Waals surface area contributed by atoms with Gasteiger partial charge in [0.15, 0.2) is 6.20 Å². The molecule has 0 fully saturated rings. The maximum absolute atomic E-state index is 2.43. The zero-order chi connectivity index (χ0) is 25.1. The molecule has 2 nitrogen and oxygen atoms in total. The second-order valence-corrected chi connectivity index (χ2v) is 11.5. The molecule has 0 saturated carbocycles. The fraction of sp³-hybridized carbons (Fsp3) is 0.300. The van der Waals surface area contributed by atoms with E-state index in [1.54, 1.807) is 0 Å². The number of aryl methyl sites for hydroxylation is 3. The van der Waals surface area contributed by atoms with Crippen molar-refractivity contribution in [3.63, 3.8) is 0 Å². The molecule has 5 heteroatoms. The molecule has 0 saturated heterocycles. The van der Waals surface area contributed by atoms with Gasteiger partial charge in [0, 0.05) is 33.4 Å². The standard InChI is InChI=1S/C30H35N2S3/c1-8-31-15-14-23(24-16-21(4)22(5)17-25(24)31)12-10-20(3)11-13-30-32(9-2)26-18-28(33-6)29(34-7)19-27(26)35-30/h10-19H,8-9H2,1-7H3/q+1. The van der Waals surface area contributed by atoms with Crippen molar-refractivity contribution in [3.8, 4) is 0 Å². The first-order chi connectivity index (χ1) is 16.9. The van der Waals surface area contributed by atoms with Crippen LogP contribution in [0.2, 0.25) is 0 Å². The number of pyridine rings is 1. The minimum Gasteiger partial charge on any atom is -0.335 e. The molecule has 0 N–H and O–H groups in total. The molecule has 1 aliphatic rings. The molecule has 0 aliphatic carbocycles. The fourth-order valence-corrected chi connectivity index (χ4v) is 7.10. The summed E-state index contributed by atoms with van der Waals surface area (Å²) in [5.41, 5.74) is 7.81. The summed E-state index contributed by atoms with van der Waals surface area (Å²) in [6, 6.07) is 11.6. The van der Waals surface area contributed by atoms with Gasteiger partial charge in [-0.25, -0.2) is 0 Å². The van der Waals surface area contributed by atoms with Crippen LogP contribution in [-0.2, 0) is 6.54 Å². The normalized spacial score (nSPS) is 15.1. The predicted octanol–water partition coefficient (Wildman–Crippen LogP) is 8.64. The van der Waals surface area contributed by atoms with Crippen LogP contribution < -0.4 is 9.47 Å². The molecular formula is C30H35N2S3+. The zero-order valence-corrected chi connectivity index (χ0v) is 24.3. The molecule has 182 valence electrons. The molecule has 1 aliphatic heterocycles. The van der Waals surface area contributed by atoms with E-state index in [1.165, 1.54) is 58.6 Å². The van der Waals surface area contributed by atoms with Crippen molar-refractivity contribution in [2.75, 3.05) is 24.0 Å². The number of benzene rings is 2. The minimum absolute atomic E-state index is 0.965. The second kappa shape index (κ2) is 11.3. The number of hydrogen-bond donors (Lipinski definition) is 0. The summed E-state index contributed by atoms with van der Waals surface area (Å²) < 4.78 is 2.32. The number of hydrogen-bond acceptors (Lipinski definition) is 4. The summed E-state index contributed by atoms with van der Waals surface area (Å²) in [4.78, 5) is 6.50. The first-order valence-electron chi connectivity index (χ1n) is 12.1. The molecule has 1 aromatic heterocycles. The summed E-state index contributed by atoms with van der Waals surface area (Å²) >= 11 is 5.53. The van der Waals surface area contributed by atoms with Gasteiger partial charge in [0.1, 0.15) is 6.54 Å². The summed E-state index contributed by atoms with van der Waals surface area (Å²) in [6.45, 7) is 12.9. The molecular weight excluding hydrogens is 485 g/mol. The Hall–Kier alpha value is -2.08. The lowest BCUT2D eigenvalue weighted by Crippen LogP contribution is -2.32. The molecule has 4 rings (SSSR count). The van der Waals surface area contributed by atoms with Gasteiger partial charge in [0.2, 0.25) is 5.52 Å². The molecule has 0 spiro atoms. The van der Waals surface area contributed by atoms with Crippen LogP contribution in [0.15, 0.2) is 80.0 Å². The monoisotopic (exact) mass is 519 g/mol. The number of anilines is 1. The Kier molecular flexibility index (Phi) is 8.41. The van der Waals surface area contributed by atoms with E-state index in [2.05, 4.69) is 117 Å². The van der Waals surface area contributed by atoms with E-state index in [0.717, 1.165) is 13.1 Å². The van der Waals surface area contributed by atoms with Crippen molar-refractivity contribution < 1.29 is 4.57 Å². The molecule has 2 heterocycles. The maximum Gasteiger partial charge on any atom is 0.213 e. The third-order valence-electron chi connectivity index (χ3n) is 6.57. The van der Waals surface area contributed by atoms with Crippen LogP contribution in [0.5, 0.6) is 0 Å². The van der Waals surface area contributed by atoms with Crippen LogP contribution >= 0.6 is 35.3 Å². The number of allylic oxidation sites excluding steroid dienone is 4. The summed E-state index contributed by atoms with van der Waals surface area (Å²) in [5.74, 6) is 0. The zero-order valence-electron chi connectivity index (χ0n) is 21.8. The Labute approximate surface area is 223 Å². The van der Waals surface area contributed by atoms with Crippen molar-refractivity contribution in [3.05, 3.63) is 82.0 Å². The highest BCUT2D eigenvalue weighted by Crippen LogP contribution is 2.49. The average Bonchev–Trinajstić information content (AvgIpc) is 3.22. The first kappa shape index (κ1) is 26.0. The van der Waals surface area contributed by atoms with Crippen LogP contribution in [0.4, 0.5) is 5.69 Å². The van der Waals surface area contributed by atoms with Crippen molar-refractivity contribution in [2.24, 2.45) is 0 Å². The number of fused-ring (bicyclic) bond motifs is 2. The highest BCUT2D eigenvalue weighted by Gasteiger charge is 2.25. The van der Waals surface area contributed by atoms with E-state index in [9.17, 15) is 0 Å². The van der Waals surface area contributed by atoms with Gasteiger partial charge in [0.05, 0.1) is 16.1 Å². The van der Waals surface area contributed by atoms with Crippen molar-refractivity contribution in [1.82, 2.24) is 0 Å². The Morgan fingerprint density at radius 1 is 1.03 bits per heavy atom. The van der Waals surface area contributed by atoms with Gasteiger partial charge in [-0.2, -0.15) is 4.57 Å². The van der Waals surface area contributed by atoms with E-state index in [-0.39, 0.29) is 0 Å². The van der Waals surface area contributed by atoms with Crippen LogP contribution in [0, 0.1) is 13.8 Å². The second-order valence-electron chi connectivity index (χ2n) is 8.78. The SMILES string of the molecule is CCN1C(=CC=C(C)C=Cc2cc[n+](CC)c3cc(C)c(C)cc23)Sc2cc(SC)c(SC)cc21. The van der Waals surface area contributed by atoms with Gasteiger partial charge < -0.3 is 4.90 Å². The van der Waals surface area contributed by atoms with Gasteiger partial charge in [-0.3, -0.25) is 0 Å². The van der Waals surface area contributed by atoms with Gasteiger partial charge in [-0.1, -0.05) is 35.6 Å². The highest BCUT2D eigenvalue weighted by molar-refractivity contribution is 8.04. The van der Waals surface area contributed by atoms with Crippen molar-refractivity contribution >= 4 is 58.0 Å². The first-order valence-corrected chi connectivity index (χ1v) is 15.4. The van der Waals surface area contributed by atoms with Crippen LogP contribution in [0.3, 0.4) is 0 Å². The topological polar surface area (TPSA) is 7.12 Å². The third-order valence-corrected chi connectivity index (χ3v) is 9.37. The lowest BCUT2D eigenvalue weighted by Gasteiger charge is -2.18. The van der Waals surface area contributed by atoms with Crippen LogP contribution in [0.1, 0.15) is 37.5 Å². The Balaban J connectivity index is 1.62. The van der Waals surface area contributed by atoms with Crippen LogP contribution in [0.25, 0.3) is 17.0 Å². The molecule has 0 radical (unpaired) electrons. The molecule has 0 atom stereocenters. The lowest BCUT2D eigenvalue weighted by molar-refractivity contribution is -0.667. The van der Waals surface area contributed by atoms with Gasteiger partial charge in [-0.15, -0.1) is 23.5 Å². The highest BCUT2D eigenvalue weighted by atomic mass is 32.2. The van der Waals surface area contributed by atoms with Gasteiger partial charge in [-0.05, 0) is 88.1 Å². The molecule has 0 bridgehead atoms. The minimum atomic E-state index is 0.965. The van der Waals surface area contributed by atoms with E-state index in [4.69, 9.17) is 0 Å². The summed E-state index contributed by atoms with van der Waals surface area (Å²) in [6.07, 6.45) is 15.5. The van der Waals surface area contributed by atoms with Crippen molar-refractivity contribution in [2.45, 2.75) is 55.8 Å². The van der Waals surface area contributed by atoms with E-state index >= 15 is 0 Å². The number of aromatic nitrogens is 1. The Morgan fingerprint density at radius 2 is 1.74 bits per heavy atom. The maximum atomic E-state index is 2.43. The predicted molar refractivity (Wildman–Crippen MR) is 159 cm³/mol. The van der Waals surface area contributed by atoms with E-state index in [1.807, 2.05) is 35.3 Å². The Bertz CT molecular complexity index is 1350. The molecule has 0 amide bonds. The van der Waals surface area contributed by atoms with Gasteiger partial charge >= 0.3 is 0 Å². The fourth-order valence-electron chi connectivity index (χ4n) is 4.39. The summed E-state index contributed by atoms with van der Waals surface area (Å²) in [7, 11) is 0. The van der Waals surface area contributed by atoms with Crippen LogP contribution in [-0.4, -0.2) is 19.1 Å². The van der Waals surface area contributed by atoms with E-state index in [0.29, 0.717) is 0 Å². The van der Waals surface area contributed by atoms with Gasteiger partial charge in [0.25, 0.3) is 0 Å². The summed E-state index contributed by atoms with van der Waals surface area (Å²) in [5, 5.41) is 2.61. The van der Waals surface area contributed by atoms with Crippen molar-refractivity contribution in [1.29, 1.82) is 0 Å². The smallest absolute Gasteiger partial charge is 0.213 e. The molecule has 2 aromatic carbocycles. The lowest BCUT2D eigenvalue weighted by atomic mass is 10.0. The Morgan fingerprint density at radius 3 is 2.43 bits per heavy atom.